The zero-order valence-electron chi connectivity index (χ0n) is 20.2. The van der Waals surface area contributed by atoms with Crippen LogP contribution in [0.1, 0.15) is 44.7 Å². The number of imidazole rings is 1. The van der Waals surface area contributed by atoms with Crippen molar-refractivity contribution in [3.63, 3.8) is 0 Å². The van der Waals surface area contributed by atoms with E-state index in [1.54, 1.807) is 17.7 Å². The molecule has 3 heterocycles. The quantitative estimate of drug-likeness (QED) is 0.215. The predicted molar refractivity (Wildman–Crippen MR) is 144 cm³/mol. The molecule has 0 aliphatic rings. The van der Waals surface area contributed by atoms with E-state index in [1.165, 1.54) is 4.88 Å². The highest BCUT2D eigenvalue weighted by molar-refractivity contribution is 7.15. The smallest absolute Gasteiger partial charge is 0.125 e. The second-order valence-corrected chi connectivity index (χ2v) is 9.95. The van der Waals surface area contributed by atoms with Crippen molar-refractivity contribution < 1.29 is 0 Å². The molecule has 4 aromatic rings. The van der Waals surface area contributed by atoms with E-state index in [0.29, 0.717) is 5.92 Å². The minimum Gasteiger partial charge on any atom is -0.344 e. The van der Waals surface area contributed by atoms with Crippen LogP contribution >= 0.6 is 11.3 Å². The summed E-state index contributed by atoms with van der Waals surface area (Å²) in [6.07, 6.45) is 19.7. The van der Waals surface area contributed by atoms with Crippen molar-refractivity contribution in [3.05, 3.63) is 71.8 Å². The van der Waals surface area contributed by atoms with Crippen molar-refractivity contribution in [2.24, 2.45) is 11.8 Å². The molecule has 0 saturated carbocycles. The van der Waals surface area contributed by atoms with Crippen molar-refractivity contribution in [2.45, 2.75) is 40.5 Å². The standard InChI is InChI=1S/C29H30N4S/c1-6-8-9-10-25(20(5)7-2)28-27(32-18-33-28)21-11-12-26-22(14-21)15-23(16-30-26)29-31-17-24(34-29)13-19(3)4/h2,8-12,14-20H,6,13H2,1,3-5H3,(H,32,33)/b9-8-,25-10+. The zero-order valence-corrected chi connectivity index (χ0v) is 21.0. The summed E-state index contributed by atoms with van der Waals surface area (Å²) in [5.74, 6) is 3.42. The van der Waals surface area contributed by atoms with Crippen LogP contribution in [0.4, 0.5) is 0 Å². The van der Waals surface area contributed by atoms with Crippen molar-refractivity contribution in [3.8, 4) is 34.2 Å². The topological polar surface area (TPSA) is 54.5 Å². The molecule has 0 amide bonds. The molecule has 1 unspecified atom stereocenters. The number of nitrogens with one attached hydrogen (secondary N) is 1. The third-order valence-electron chi connectivity index (χ3n) is 5.66. The maximum Gasteiger partial charge on any atom is 0.125 e. The molecular weight excluding hydrogens is 436 g/mol. The summed E-state index contributed by atoms with van der Waals surface area (Å²) in [5, 5.41) is 2.08. The molecule has 0 radical (unpaired) electrons. The highest BCUT2D eigenvalue weighted by atomic mass is 32.1. The van der Waals surface area contributed by atoms with Crippen molar-refractivity contribution in [1.29, 1.82) is 0 Å². The van der Waals surface area contributed by atoms with E-state index in [9.17, 15) is 0 Å². The van der Waals surface area contributed by atoms with Gasteiger partial charge >= 0.3 is 0 Å². The van der Waals surface area contributed by atoms with Crippen LogP contribution < -0.4 is 0 Å². The monoisotopic (exact) mass is 466 g/mol. The molecule has 4 rings (SSSR count). The van der Waals surface area contributed by atoms with Gasteiger partial charge in [0.05, 0.1) is 23.2 Å². The van der Waals surface area contributed by atoms with Gasteiger partial charge in [-0.1, -0.05) is 51.0 Å². The molecule has 4 nitrogen and oxygen atoms in total. The summed E-state index contributed by atoms with van der Waals surface area (Å²) >= 11 is 1.75. The Kier molecular flexibility index (Phi) is 7.40. The normalized spacial score (nSPS) is 13.1. The number of fused-ring (bicyclic) bond motifs is 1. The maximum absolute atomic E-state index is 5.78. The fraction of sp³-hybridized carbons (Fsp3) is 0.276. The van der Waals surface area contributed by atoms with Gasteiger partial charge in [-0.3, -0.25) is 4.98 Å². The molecule has 0 bridgehead atoms. The number of thiazole rings is 1. The third-order valence-corrected chi connectivity index (χ3v) is 6.73. The van der Waals surface area contributed by atoms with Crippen molar-refractivity contribution >= 4 is 27.8 Å². The Morgan fingerprint density at radius 3 is 2.71 bits per heavy atom. The number of nitrogens with zero attached hydrogens (tertiary/aromatic N) is 3. The SMILES string of the molecule is C#CC(C)/C(=C\C=C/CC)c1nc[nH]c1-c1ccc2ncc(-c3ncc(CC(C)C)s3)cc2c1. The van der Waals surface area contributed by atoms with Crippen molar-refractivity contribution in [2.75, 3.05) is 0 Å². The number of allylic oxidation sites excluding steroid dienone is 4. The van der Waals surface area contributed by atoms with E-state index in [4.69, 9.17) is 11.4 Å². The number of hydrogen-bond donors (Lipinski definition) is 1. The van der Waals surface area contributed by atoms with E-state index < -0.39 is 0 Å². The molecule has 5 heteroatoms. The molecule has 0 saturated heterocycles. The van der Waals surface area contributed by atoms with E-state index in [2.05, 4.69) is 84.1 Å². The minimum atomic E-state index is -0.0535. The van der Waals surface area contributed by atoms with E-state index in [1.807, 2.05) is 19.3 Å². The summed E-state index contributed by atoms with van der Waals surface area (Å²) in [6, 6.07) is 8.46. The first kappa shape index (κ1) is 23.7. The number of aromatic nitrogens is 4. The number of hydrogen-bond acceptors (Lipinski definition) is 4. The number of H-pyrrole nitrogens is 1. The van der Waals surface area contributed by atoms with Crippen LogP contribution in [0.5, 0.6) is 0 Å². The average molecular weight is 467 g/mol. The Morgan fingerprint density at radius 2 is 1.94 bits per heavy atom. The molecule has 0 aliphatic carbocycles. The first-order valence-corrected chi connectivity index (χ1v) is 12.5. The third kappa shape index (κ3) is 5.18. The molecule has 0 aliphatic heterocycles. The second kappa shape index (κ2) is 10.6. The van der Waals surface area contributed by atoms with Crippen LogP contribution in [0.2, 0.25) is 0 Å². The van der Waals surface area contributed by atoms with Gasteiger partial charge in [0.2, 0.25) is 0 Å². The Morgan fingerprint density at radius 1 is 1.12 bits per heavy atom. The number of benzene rings is 1. The van der Waals surface area contributed by atoms with Gasteiger partial charge in [0.15, 0.2) is 0 Å². The van der Waals surface area contributed by atoms with Crippen LogP contribution in [-0.4, -0.2) is 19.9 Å². The molecule has 1 aromatic carbocycles. The summed E-state index contributed by atoms with van der Waals surface area (Å²) < 4.78 is 0. The first-order valence-electron chi connectivity index (χ1n) is 11.7. The van der Waals surface area contributed by atoms with Crippen LogP contribution in [0.15, 0.2) is 61.2 Å². The van der Waals surface area contributed by atoms with Crippen LogP contribution in [0, 0.1) is 24.2 Å². The number of pyridine rings is 1. The summed E-state index contributed by atoms with van der Waals surface area (Å²) in [4.78, 5) is 18.6. The van der Waals surface area contributed by atoms with Crippen LogP contribution in [-0.2, 0) is 6.42 Å². The summed E-state index contributed by atoms with van der Waals surface area (Å²) in [7, 11) is 0. The number of rotatable bonds is 8. The highest BCUT2D eigenvalue weighted by Gasteiger charge is 2.17. The Balaban J connectivity index is 1.73. The van der Waals surface area contributed by atoms with Gasteiger partial charge < -0.3 is 4.98 Å². The lowest BCUT2D eigenvalue weighted by Gasteiger charge is -2.11. The fourth-order valence-corrected chi connectivity index (χ4v) is 5.01. The highest BCUT2D eigenvalue weighted by Crippen LogP contribution is 2.33. The number of aromatic amines is 1. The predicted octanol–water partition coefficient (Wildman–Crippen LogP) is 7.57. The zero-order chi connectivity index (χ0) is 24.1. The average Bonchev–Trinajstić information content (AvgIpc) is 3.50. The lowest BCUT2D eigenvalue weighted by molar-refractivity contribution is 0.653. The number of terminal acetylenes is 1. The van der Waals surface area contributed by atoms with Crippen molar-refractivity contribution in [1.82, 2.24) is 19.9 Å². The molecule has 34 heavy (non-hydrogen) atoms. The van der Waals surface area contributed by atoms with Gasteiger partial charge in [-0.15, -0.1) is 17.8 Å². The molecular formula is C29H30N4S. The van der Waals surface area contributed by atoms with E-state index in [-0.39, 0.29) is 5.92 Å². The Hall–Kier alpha value is -3.49. The van der Waals surface area contributed by atoms with Crippen LogP contribution in [0.25, 0.3) is 38.3 Å². The molecule has 0 fully saturated rings. The second-order valence-electron chi connectivity index (χ2n) is 8.83. The molecule has 1 N–H and O–H groups in total. The van der Waals surface area contributed by atoms with E-state index >= 15 is 0 Å². The first-order chi connectivity index (χ1) is 16.5. The van der Waals surface area contributed by atoms with Crippen LogP contribution in [0.3, 0.4) is 0 Å². The Labute approximate surface area is 205 Å². The van der Waals surface area contributed by atoms with E-state index in [0.717, 1.165) is 56.8 Å². The van der Waals surface area contributed by atoms with Gasteiger partial charge in [0.1, 0.15) is 5.01 Å². The largest absolute Gasteiger partial charge is 0.344 e. The fourth-order valence-electron chi connectivity index (χ4n) is 3.90. The molecule has 3 aromatic heterocycles. The Bertz CT molecular complexity index is 1380. The summed E-state index contributed by atoms with van der Waals surface area (Å²) in [6.45, 7) is 8.60. The lowest BCUT2D eigenvalue weighted by atomic mass is 9.94. The minimum absolute atomic E-state index is 0.0535. The van der Waals surface area contributed by atoms with Gasteiger partial charge in [0.25, 0.3) is 0 Å². The molecule has 172 valence electrons. The lowest BCUT2D eigenvalue weighted by Crippen LogP contribution is -1.98. The van der Waals surface area contributed by atoms with Gasteiger partial charge in [0, 0.05) is 39.7 Å². The maximum atomic E-state index is 5.78. The van der Waals surface area contributed by atoms with Gasteiger partial charge in [-0.2, -0.15) is 0 Å². The van der Waals surface area contributed by atoms with Gasteiger partial charge in [-0.05, 0) is 49.5 Å². The molecule has 0 spiro atoms. The van der Waals surface area contributed by atoms with Gasteiger partial charge in [-0.25, -0.2) is 9.97 Å². The molecule has 1 atom stereocenters. The summed E-state index contributed by atoms with van der Waals surface area (Å²) in [5.41, 5.74) is 5.91.